The molecule has 3 N–H and O–H groups in total. The van der Waals surface area contributed by atoms with Crippen LogP contribution in [-0.2, 0) is 16.2 Å². The van der Waals surface area contributed by atoms with Gasteiger partial charge in [-0.3, -0.25) is 0 Å². The normalized spacial score (nSPS) is 12.9. The average molecular weight is 501 g/mol. The summed E-state index contributed by atoms with van der Waals surface area (Å²) in [4.78, 5) is 18.7. The van der Waals surface area contributed by atoms with Gasteiger partial charge in [-0.1, -0.05) is 12.1 Å². The molecule has 3 heterocycles. The van der Waals surface area contributed by atoms with Crippen LogP contribution in [0, 0.1) is 6.57 Å². The smallest absolute Gasteiger partial charge is 0.348 e. The van der Waals surface area contributed by atoms with E-state index in [1.807, 2.05) is 0 Å². The molecule has 0 aliphatic heterocycles. The summed E-state index contributed by atoms with van der Waals surface area (Å²) in [5.41, 5.74) is 0.535. The van der Waals surface area contributed by atoms with Crippen LogP contribution in [0.25, 0.3) is 27.1 Å². The number of benzene rings is 1. The van der Waals surface area contributed by atoms with Gasteiger partial charge in [-0.2, -0.15) is 13.2 Å². The number of aromatic amines is 1. The molecule has 3 aromatic heterocycles. The van der Waals surface area contributed by atoms with Crippen LogP contribution in [0.4, 0.5) is 24.8 Å². The second kappa shape index (κ2) is 8.97. The summed E-state index contributed by atoms with van der Waals surface area (Å²) < 4.78 is 65.7. The van der Waals surface area contributed by atoms with Crippen molar-refractivity contribution in [3.8, 4) is 11.3 Å². The van der Waals surface area contributed by atoms with Gasteiger partial charge in [-0.15, -0.1) is 0 Å². The summed E-state index contributed by atoms with van der Waals surface area (Å²) >= 11 is 0. The predicted molar refractivity (Wildman–Crippen MR) is 123 cm³/mol. The lowest BCUT2D eigenvalue weighted by Gasteiger charge is -2.16. The van der Waals surface area contributed by atoms with Crippen molar-refractivity contribution in [3.63, 3.8) is 0 Å². The van der Waals surface area contributed by atoms with E-state index in [1.165, 1.54) is 31.6 Å². The Bertz CT molecular complexity index is 1540. The van der Waals surface area contributed by atoms with Crippen molar-refractivity contribution in [2.75, 3.05) is 12.4 Å². The van der Waals surface area contributed by atoms with E-state index >= 15 is 0 Å². The molecule has 0 saturated carbocycles. The Morgan fingerprint density at radius 1 is 1.14 bits per heavy atom. The molecule has 0 unspecified atom stereocenters. The largest absolute Gasteiger partial charge is 0.417 e. The molecule has 0 radical (unpaired) electrons. The number of nitrogens with one attached hydrogen (secondary N) is 3. The van der Waals surface area contributed by atoms with Gasteiger partial charge < -0.3 is 10.3 Å². The molecule has 0 aliphatic rings. The highest BCUT2D eigenvalue weighted by Gasteiger charge is 2.31. The number of aromatic nitrogens is 4. The second-order valence-corrected chi connectivity index (χ2v) is 9.39. The van der Waals surface area contributed by atoms with Crippen molar-refractivity contribution >= 4 is 32.7 Å². The zero-order valence-electron chi connectivity index (χ0n) is 18.3. The third-order valence-corrected chi connectivity index (χ3v) is 6.74. The molecule has 13 heteroatoms. The van der Waals surface area contributed by atoms with Crippen molar-refractivity contribution in [3.05, 3.63) is 71.5 Å². The minimum absolute atomic E-state index is 0.0585. The van der Waals surface area contributed by atoms with Gasteiger partial charge in [0.25, 0.3) is 0 Å². The number of rotatable bonds is 6. The van der Waals surface area contributed by atoms with Gasteiger partial charge in [0.15, 0.2) is 0 Å². The van der Waals surface area contributed by atoms with Crippen molar-refractivity contribution in [2.45, 2.75) is 24.0 Å². The van der Waals surface area contributed by atoms with Crippen LogP contribution in [0.3, 0.4) is 0 Å². The molecule has 180 valence electrons. The van der Waals surface area contributed by atoms with Gasteiger partial charge in [-0.25, -0.2) is 32.9 Å². The van der Waals surface area contributed by atoms with E-state index in [9.17, 15) is 21.6 Å². The molecule has 0 bridgehead atoms. The van der Waals surface area contributed by atoms with E-state index < -0.39 is 21.8 Å². The summed E-state index contributed by atoms with van der Waals surface area (Å²) in [6.07, 6.45) is -1.11. The molecule has 1 aromatic carbocycles. The summed E-state index contributed by atoms with van der Waals surface area (Å²) in [5, 5.41) is 3.24. The number of pyridine rings is 1. The fourth-order valence-corrected chi connectivity index (χ4v) is 4.14. The van der Waals surface area contributed by atoms with E-state index in [4.69, 9.17) is 6.57 Å². The Hall–Kier alpha value is -4.02. The van der Waals surface area contributed by atoms with E-state index in [0.29, 0.717) is 0 Å². The standard InChI is InChI=1S/C22H18F3N7O2S/c1-12(13-4-6-15(7-5-13)35(33,34)27-3)31-21-30-11-18(26-2)19(32-21)17-10-29-20-16(17)8-14(9-28-20)22(23,24)25/h4-12,27H,1,3H3,(H,28,29)(H,30,31,32)/t12-/m1/s1. The number of hydrogen-bond donors (Lipinski definition) is 3. The lowest BCUT2D eigenvalue weighted by Crippen LogP contribution is -2.18. The van der Waals surface area contributed by atoms with Gasteiger partial charge in [0.1, 0.15) is 5.65 Å². The van der Waals surface area contributed by atoms with Gasteiger partial charge in [0.05, 0.1) is 28.8 Å². The fraction of sp³-hybridized carbons (Fsp3) is 0.182. The molecule has 0 fully saturated rings. The number of nitrogens with zero attached hydrogens (tertiary/aromatic N) is 4. The molecule has 0 aliphatic carbocycles. The lowest BCUT2D eigenvalue weighted by molar-refractivity contribution is -0.137. The van der Waals surface area contributed by atoms with Crippen LogP contribution in [-0.4, -0.2) is 35.4 Å². The number of halogens is 3. The summed E-state index contributed by atoms with van der Waals surface area (Å²) in [5.74, 6) is 0.140. The first-order valence-electron chi connectivity index (χ1n) is 10.1. The number of fused-ring (bicyclic) bond motifs is 1. The maximum atomic E-state index is 13.2. The van der Waals surface area contributed by atoms with Gasteiger partial charge >= 0.3 is 6.18 Å². The first-order chi connectivity index (χ1) is 16.5. The van der Waals surface area contributed by atoms with Gasteiger partial charge in [-0.05, 0) is 37.7 Å². The molecule has 4 rings (SSSR count). The van der Waals surface area contributed by atoms with Crippen LogP contribution < -0.4 is 10.0 Å². The molecule has 35 heavy (non-hydrogen) atoms. The zero-order valence-corrected chi connectivity index (χ0v) is 19.2. The monoisotopic (exact) mass is 501 g/mol. The van der Waals surface area contributed by atoms with Crippen molar-refractivity contribution in [2.24, 2.45) is 0 Å². The highest BCUT2D eigenvalue weighted by atomic mass is 32.2. The molecule has 0 saturated heterocycles. The van der Waals surface area contributed by atoms with Crippen LogP contribution in [0.2, 0.25) is 0 Å². The SMILES string of the molecule is [C-]#[N+]c1cnc(N[C@H](C)c2ccc(S(=O)(=O)NC)cc2)nc1-c1c[nH]c2ncc(C(F)(F)F)cc12. The Kier molecular flexibility index (Phi) is 6.18. The topological polar surface area (TPSA) is 117 Å². The molecule has 0 amide bonds. The van der Waals surface area contributed by atoms with Gasteiger partial charge in [0.2, 0.25) is 21.7 Å². The Morgan fingerprint density at radius 3 is 2.49 bits per heavy atom. The van der Waals surface area contributed by atoms with E-state index in [2.05, 4.69) is 34.8 Å². The molecular weight excluding hydrogens is 483 g/mol. The molecule has 1 atom stereocenters. The zero-order chi connectivity index (χ0) is 25.4. The van der Waals surface area contributed by atoms with Crippen LogP contribution >= 0.6 is 0 Å². The maximum absolute atomic E-state index is 13.2. The first kappa shape index (κ1) is 24.1. The minimum Gasteiger partial charge on any atom is -0.348 e. The Morgan fingerprint density at radius 2 is 1.86 bits per heavy atom. The summed E-state index contributed by atoms with van der Waals surface area (Å²) in [7, 11) is -2.25. The highest BCUT2D eigenvalue weighted by Crippen LogP contribution is 2.37. The Labute approximate surface area is 198 Å². The first-order valence-corrected chi connectivity index (χ1v) is 11.6. The van der Waals surface area contributed by atoms with E-state index in [1.54, 1.807) is 19.1 Å². The number of anilines is 1. The van der Waals surface area contributed by atoms with Crippen LogP contribution in [0.15, 0.2) is 53.8 Å². The molecular formula is C22H18F3N7O2S. The third kappa shape index (κ3) is 4.79. The van der Waals surface area contributed by atoms with E-state index in [-0.39, 0.29) is 44.9 Å². The lowest BCUT2D eigenvalue weighted by atomic mass is 10.1. The molecule has 9 nitrogen and oxygen atoms in total. The van der Waals surface area contributed by atoms with Crippen molar-refractivity contribution in [1.29, 1.82) is 0 Å². The fourth-order valence-electron chi connectivity index (χ4n) is 3.41. The molecule has 4 aromatic rings. The van der Waals surface area contributed by atoms with Crippen LogP contribution in [0.5, 0.6) is 0 Å². The quantitative estimate of drug-likeness (QED) is 0.331. The van der Waals surface area contributed by atoms with Crippen molar-refractivity contribution in [1.82, 2.24) is 24.7 Å². The summed E-state index contributed by atoms with van der Waals surface area (Å²) in [6, 6.07) is 6.81. The second-order valence-electron chi connectivity index (χ2n) is 7.50. The highest BCUT2D eigenvalue weighted by molar-refractivity contribution is 7.89. The van der Waals surface area contributed by atoms with Crippen LogP contribution in [0.1, 0.15) is 24.1 Å². The number of alkyl halides is 3. The third-order valence-electron chi connectivity index (χ3n) is 5.31. The average Bonchev–Trinajstić information content (AvgIpc) is 3.26. The minimum atomic E-state index is -4.58. The molecule has 0 spiro atoms. The number of sulfonamides is 1. The van der Waals surface area contributed by atoms with Gasteiger partial charge in [0, 0.05) is 29.5 Å². The maximum Gasteiger partial charge on any atom is 0.417 e. The Balaban J connectivity index is 1.68. The summed E-state index contributed by atoms with van der Waals surface area (Å²) in [6.45, 7) is 9.24. The predicted octanol–water partition coefficient (Wildman–Crippen LogP) is 4.67. The number of hydrogen-bond acceptors (Lipinski definition) is 6. The number of H-pyrrole nitrogens is 1. The van der Waals surface area contributed by atoms with E-state index in [0.717, 1.165) is 17.8 Å². The van der Waals surface area contributed by atoms with Crippen molar-refractivity contribution < 1.29 is 21.6 Å².